The highest BCUT2D eigenvalue weighted by Gasteiger charge is 2.20. The first-order valence-corrected chi connectivity index (χ1v) is 13.5. The maximum atomic E-state index is 12.8. The minimum Gasteiger partial charge on any atom is -0.465 e. The number of fused-ring (bicyclic) bond motifs is 1. The average molecular weight is 545 g/mol. The van der Waals surface area contributed by atoms with Crippen molar-refractivity contribution in [3.8, 4) is 34.2 Å². The van der Waals surface area contributed by atoms with Crippen LogP contribution in [0.3, 0.4) is 0 Å². The van der Waals surface area contributed by atoms with Crippen LogP contribution in [0, 0.1) is 0 Å². The zero-order valence-electron chi connectivity index (χ0n) is 22.8. The van der Waals surface area contributed by atoms with Crippen molar-refractivity contribution in [3.05, 3.63) is 108 Å². The minimum atomic E-state index is -0.382. The molecule has 4 aromatic carbocycles. The summed E-state index contributed by atoms with van der Waals surface area (Å²) in [5, 5.41) is 12.5. The first-order valence-electron chi connectivity index (χ1n) is 13.5. The van der Waals surface area contributed by atoms with E-state index >= 15 is 0 Å². The summed E-state index contributed by atoms with van der Waals surface area (Å²) in [5.74, 6) is 0.278. The van der Waals surface area contributed by atoms with Crippen molar-refractivity contribution in [2.75, 3.05) is 13.2 Å². The number of rotatable bonds is 9. The number of hydrogen-bond donors (Lipinski definition) is 0. The zero-order valence-corrected chi connectivity index (χ0v) is 22.8. The molecule has 0 amide bonds. The summed E-state index contributed by atoms with van der Waals surface area (Å²) in [6.45, 7) is 4.92. The van der Waals surface area contributed by atoms with Gasteiger partial charge in [-0.2, -0.15) is 9.67 Å². The first-order chi connectivity index (χ1) is 20.2. The van der Waals surface area contributed by atoms with Gasteiger partial charge in [-0.1, -0.05) is 72.8 Å². The predicted octanol–water partition coefficient (Wildman–Crippen LogP) is 5.97. The normalized spacial score (nSPS) is 11.1. The van der Waals surface area contributed by atoms with Crippen molar-refractivity contribution < 1.29 is 14.3 Å². The van der Waals surface area contributed by atoms with Crippen LogP contribution in [0.15, 0.2) is 97.1 Å². The van der Waals surface area contributed by atoms with E-state index in [0.717, 1.165) is 27.9 Å². The predicted molar refractivity (Wildman–Crippen MR) is 156 cm³/mol. The maximum Gasteiger partial charge on any atom is 0.340 e. The van der Waals surface area contributed by atoms with Gasteiger partial charge in [0.25, 0.3) is 6.01 Å². The second kappa shape index (κ2) is 11.4. The van der Waals surface area contributed by atoms with Gasteiger partial charge in [-0.3, -0.25) is 4.57 Å². The number of nitrogens with zero attached hydrogens (tertiary/aromatic N) is 6. The largest absolute Gasteiger partial charge is 0.465 e. The van der Waals surface area contributed by atoms with Crippen LogP contribution in [0.1, 0.15) is 29.8 Å². The Morgan fingerprint density at radius 2 is 1.56 bits per heavy atom. The van der Waals surface area contributed by atoms with Gasteiger partial charge in [-0.25, -0.2) is 4.79 Å². The van der Waals surface area contributed by atoms with Gasteiger partial charge in [0.1, 0.15) is 0 Å². The first kappa shape index (κ1) is 25.9. The lowest BCUT2D eigenvalue weighted by Crippen LogP contribution is -2.10. The third-order valence-electron chi connectivity index (χ3n) is 6.74. The summed E-state index contributed by atoms with van der Waals surface area (Å²) in [5.41, 5.74) is 6.71. The van der Waals surface area contributed by atoms with Crippen LogP contribution in [0.2, 0.25) is 0 Å². The van der Waals surface area contributed by atoms with Crippen LogP contribution in [-0.4, -0.2) is 48.9 Å². The minimum absolute atomic E-state index is 0.294. The number of imidazole rings is 1. The number of aromatic nitrogens is 6. The number of para-hydroxylation sites is 2. The molecule has 2 aromatic heterocycles. The topological polar surface area (TPSA) is 97.0 Å². The Kier molecular flexibility index (Phi) is 7.23. The van der Waals surface area contributed by atoms with Gasteiger partial charge in [0.2, 0.25) is 0 Å². The number of carbonyl (C=O) groups is 1. The molecule has 0 unspecified atom stereocenters. The number of benzene rings is 4. The van der Waals surface area contributed by atoms with Crippen LogP contribution in [0.5, 0.6) is 6.01 Å². The Labute approximate surface area is 237 Å². The molecule has 0 saturated carbocycles. The van der Waals surface area contributed by atoms with E-state index in [1.807, 2.05) is 72.2 Å². The summed E-state index contributed by atoms with van der Waals surface area (Å²) in [4.78, 5) is 17.4. The third kappa shape index (κ3) is 5.05. The van der Waals surface area contributed by atoms with Gasteiger partial charge in [-0.15, -0.1) is 5.10 Å². The molecule has 0 radical (unpaired) electrons. The van der Waals surface area contributed by atoms with Gasteiger partial charge in [0, 0.05) is 5.56 Å². The molecule has 0 N–H and O–H groups in total. The second-order valence-corrected chi connectivity index (χ2v) is 9.30. The average Bonchev–Trinajstić information content (AvgIpc) is 3.64. The molecule has 0 atom stereocenters. The quantitative estimate of drug-likeness (QED) is 0.207. The zero-order chi connectivity index (χ0) is 28.2. The van der Waals surface area contributed by atoms with Crippen LogP contribution in [-0.2, 0) is 11.3 Å². The van der Waals surface area contributed by atoms with Crippen molar-refractivity contribution in [1.82, 2.24) is 29.8 Å². The van der Waals surface area contributed by atoms with Crippen molar-refractivity contribution >= 4 is 17.0 Å². The molecule has 0 aliphatic carbocycles. The molecular weight excluding hydrogens is 516 g/mol. The van der Waals surface area contributed by atoms with E-state index in [2.05, 4.69) is 50.8 Å². The molecule has 9 heteroatoms. The Morgan fingerprint density at radius 1 is 0.805 bits per heavy atom. The number of carbonyl (C=O) groups excluding carboxylic acids is 1. The highest BCUT2D eigenvalue weighted by molar-refractivity contribution is 6.02. The van der Waals surface area contributed by atoms with E-state index in [4.69, 9.17) is 9.47 Å². The molecule has 0 spiro atoms. The van der Waals surface area contributed by atoms with Gasteiger partial charge in [0.15, 0.2) is 5.82 Å². The molecule has 204 valence electrons. The highest BCUT2D eigenvalue weighted by atomic mass is 16.5. The fourth-order valence-electron chi connectivity index (χ4n) is 4.92. The maximum absolute atomic E-state index is 12.8. The van der Waals surface area contributed by atoms with Gasteiger partial charge in [0.05, 0.1) is 42.0 Å². The number of ether oxygens (including phenoxy) is 2. The monoisotopic (exact) mass is 544 g/mol. The number of esters is 1. The fraction of sp³-hybridized carbons (Fsp3) is 0.156. The molecule has 41 heavy (non-hydrogen) atoms. The molecule has 2 heterocycles. The van der Waals surface area contributed by atoms with E-state index < -0.39 is 0 Å². The number of tetrazole rings is 1. The van der Waals surface area contributed by atoms with Crippen LogP contribution < -0.4 is 4.74 Å². The molecule has 0 aliphatic heterocycles. The molecule has 0 fully saturated rings. The molecule has 0 saturated heterocycles. The van der Waals surface area contributed by atoms with Gasteiger partial charge < -0.3 is 9.47 Å². The fourth-order valence-corrected chi connectivity index (χ4v) is 4.92. The molecule has 0 aliphatic rings. The molecule has 6 rings (SSSR count). The summed E-state index contributed by atoms with van der Waals surface area (Å²) in [7, 11) is 0. The highest BCUT2D eigenvalue weighted by Crippen LogP contribution is 2.32. The Bertz CT molecular complexity index is 1810. The summed E-state index contributed by atoms with van der Waals surface area (Å²) < 4.78 is 14.9. The van der Waals surface area contributed by atoms with Crippen LogP contribution in [0.4, 0.5) is 0 Å². The summed E-state index contributed by atoms with van der Waals surface area (Å²) >= 11 is 0. The molecule has 0 bridgehead atoms. The Balaban J connectivity index is 1.36. The van der Waals surface area contributed by atoms with Crippen molar-refractivity contribution in [1.29, 1.82) is 0 Å². The SMILES string of the molecule is CCOC(=O)c1cccc2nc(OCC)n(Cc3ccc(-c4ccccc4-c4nnnn4-c4ccccc4)cc3)c12. The van der Waals surface area contributed by atoms with Crippen molar-refractivity contribution in [2.24, 2.45) is 0 Å². The third-order valence-corrected chi connectivity index (χ3v) is 6.74. The van der Waals surface area contributed by atoms with E-state index in [1.165, 1.54) is 0 Å². The van der Waals surface area contributed by atoms with Crippen LogP contribution in [0.25, 0.3) is 39.2 Å². The molecule has 9 nitrogen and oxygen atoms in total. The number of hydrogen-bond acceptors (Lipinski definition) is 7. The van der Waals surface area contributed by atoms with Crippen LogP contribution >= 0.6 is 0 Å². The van der Waals surface area contributed by atoms with Gasteiger partial charge in [-0.05, 0) is 65.2 Å². The summed E-state index contributed by atoms with van der Waals surface area (Å²) in [6, 6.07) is 32.1. The Hall–Kier alpha value is -5.31. The van der Waals surface area contributed by atoms with E-state index in [-0.39, 0.29) is 5.97 Å². The smallest absolute Gasteiger partial charge is 0.340 e. The van der Waals surface area contributed by atoms with E-state index in [1.54, 1.807) is 17.7 Å². The van der Waals surface area contributed by atoms with Crippen molar-refractivity contribution in [3.63, 3.8) is 0 Å². The van der Waals surface area contributed by atoms with E-state index in [9.17, 15) is 4.79 Å². The van der Waals surface area contributed by atoms with E-state index in [0.29, 0.717) is 48.2 Å². The van der Waals surface area contributed by atoms with Gasteiger partial charge >= 0.3 is 5.97 Å². The standard InChI is InChI=1S/C32H28N6O3/c1-3-40-31(39)27-15-10-16-28-29(27)37(32(33-28)41-4-2)21-22-17-19-23(20-18-22)25-13-8-9-14-26(25)30-34-35-36-38(30)24-11-6-5-7-12-24/h5-20H,3-4,21H2,1-2H3. The lowest BCUT2D eigenvalue weighted by molar-refractivity contribution is 0.0528. The molecular formula is C32H28N6O3. The molecule has 6 aromatic rings. The summed E-state index contributed by atoms with van der Waals surface area (Å²) in [6.07, 6.45) is 0. The second-order valence-electron chi connectivity index (χ2n) is 9.30. The Morgan fingerprint density at radius 3 is 2.32 bits per heavy atom. The lowest BCUT2D eigenvalue weighted by Gasteiger charge is -2.13. The van der Waals surface area contributed by atoms with Crippen molar-refractivity contribution in [2.45, 2.75) is 20.4 Å². The lowest BCUT2D eigenvalue weighted by atomic mass is 9.98.